The number of aliphatic carboxylic acids is 1. The lowest BCUT2D eigenvalue weighted by Gasteiger charge is -2.14. The van der Waals surface area contributed by atoms with Gasteiger partial charge in [-0.25, -0.2) is 4.79 Å². The van der Waals surface area contributed by atoms with Gasteiger partial charge >= 0.3 is 5.97 Å². The Morgan fingerprint density at radius 3 is 2.70 bits per heavy atom. The number of halogens is 1. The van der Waals surface area contributed by atoms with Crippen molar-refractivity contribution in [2.24, 2.45) is 0 Å². The first-order chi connectivity index (χ1) is 9.54. The summed E-state index contributed by atoms with van der Waals surface area (Å²) in [4.78, 5) is 22.9. The van der Waals surface area contributed by atoms with Gasteiger partial charge in [-0.05, 0) is 24.5 Å². The lowest BCUT2D eigenvalue weighted by molar-refractivity contribution is -0.142. The standard InChI is InChI=1S/C14H18ClNO4/c1-20-8-4-7-12(14(18)19)16-13(17)9-10-5-2-3-6-11(10)15/h2-3,5-6,12H,4,7-9H2,1H3,(H,16,17)(H,18,19). The summed E-state index contributed by atoms with van der Waals surface area (Å²) in [5.41, 5.74) is 0.674. The Morgan fingerprint density at radius 2 is 2.10 bits per heavy atom. The Balaban J connectivity index is 2.54. The quantitative estimate of drug-likeness (QED) is 0.719. The van der Waals surface area contributed by atoms with Crippen molar-refractivity contribution in [3.8, 4) is 0 Å². The van der Waals surface area contributed by atoms with E-state index in [1.165, 1.54) is 0 Å². The van der Waals surface area contributed by atoms with Gasteiger partial charge in [0.1, 0.15) is 6.04 Å². The molecule has 1 aromatic rings. The third-order valence-corrected chi connectivity index (χ3v) is 3.15. The second kappa shape index (κ2) is 8.55. The summed E-state index contributed by atoms with van der Waals surface area (Å²) in [6, 6.07) is 6.08. The molecule has 0 bridgehead atoms. The minimum Gasteiger partial charge on any atom is -0.480 e. The number of methoxy groups -OCH3 is 1. The fourth-order valence-electron chi connectivity index (χ4n) is 1.75. The maximum atomic E-state index is 11.8. The molecule has 1 atom stereocenters. The third kappa shape index (κ3) is 5.59. The molecule has 0 aliphatic heterocycles. The van der Waals surface area contributed by atoms with Crippen LogP contribution in [0, 0.1) is 0 Å². The highest BCUT2D eigenvalue weighted by Crippen LogP contribution is 2.15. The van der Waals surface area contributed by atoms with Gasteiger partial charge in [-0.2, -0.15) is 0 Å². The van der Waals surface area contributed by atoms with Gasteiger partial charge in [0.25, 0.3) is 0 Å². The molecule has 0 saturated heterocycles. The zero-order valence-corrected chi connectivity index (χ0v) is 12.0. The molecule has 0 aromatic heterocycles. The number of carboxylic acid groups (broad SMARTS) is 1. The molecule has 0 heterocycles. The summed E-state index contributed by atoms with van der Waals surface area (Å²) in [6.07, 6.45) is 0.963. The molecule has 5 nitrogen and oxygen atoms in total. The minimum absolute atomic E-state index is 0.0632. The first-order valence-corrected chi connectivity index (χ1v) is 6.67. The fraction of sp³-hybridized carbons (Fsp3) is 0.429. The molecular weight excluding hydrogens is 282 g/mol. The SMILES string of the molecule is COCCCC(NC(=O)Cc1ccccc1Cl)C(=O)O. The molecule has 0 spiro atoms. The van der Waals surface area contributed by atoms with E-state index in [-0.39, 0.29) is 12.3 Å². The van der Waals surface area contributed by atoms with Crippen LogP contribution < -0.4 is 5.32 Å². The zero-order chi connectivity index (χ0) is 15.0. The maximum absolute atomic E-state index is 11.8. The lowest BCUT2D eigenvalue weighted by atomic mass is 10.1. The van der Waals surface area contributed by atoms with E-state index in [0.717, 1.165) is 0 Å². The predicted octanol–water partition coefficient (Wildman–Crippen LogP) is 1.88. The van der Waals surface area contributed by atoms with E-state index in [4.69, 9.17) is 21.4 Å². The monoisotopic (exact) mass is 299 g/mol. The molecule has 6 heteroatoms. The molecule has 1 unspecified atom stereocenters. The van der Waals surface area contributed by atoms with E-state index < -0.39 is 12.0 Å². The fourth-order valence-corrected chi connectivity index (χ4v) is 1.95. The van der Waals surface area contributed by atoms with E-state index in [1.54, 1.807) is 31.4 Å². The highest BCUT2D eigenvalue weighted by molar-refractivity contribution is 6.31. The molecule has 1 aromatic carbocycles. The third-order valence-electron chi connectivity index (χ3n) is 2.78. The number of nitrogens with one attached hydrogen (secondary N) is 1. The van der Waals surface area contributed by atoms with Crippen molar-refractivity contribution >= 4 is 23.5 Å². The topological polar surface area (TPSA) is 75.6 Å². The number of amides is 1. The second-order valence-corrected chi connectivity index (χ2v) is 4.77. The van der Waals surface area contributed by atoms with Crippen LogP contribution in [0.25, 0.3) is 0 Å². The maximum Gasteiger partial charge on any atom is 0.326 e. The molecule has 1 rings (SSSR count). The van der Waals surface area contributed by atoms with Crippen molar-refractivity contribution in [1.82, 2.24) is 5.32 Å². The first-order valence-electron chi connectivity index (χ1n) is 6.29. The Hall–Kier alpha value is -1.59. The van der Waals surface area contributed by atoms with Gasteiger partial charge in [-0.15, -0.1) is 0 Å². The van der Waals surface area contributed by atoms with Gasteiger partial charge in [0.15, 0.2) is 0 Å². The van der Waals surface area contributed by atoms with Gasteiger partial charge in [0.2, 0.25) is 5.91 Å². The Kier molecular flexibility index (Phi) is 7.04. The van der Waals surface area contributed by atoms with Crippen LogP contribution in [0.1, 0.15) is 18.4 Å². The predicted molar refractivity (Wildman–Crippen MR) is 75.8 cm³/mol. The van der Waals surface area contributed by atoms with Gasteiger partial charge in [0.05, 0.1) is 6.42 Å². The highest BCUT2D eigenvalue weighted by Gasteiger charge is 2.19. The summed E-state index contributed by atoms with van der Waals surface area (Å²) < 4.78 is 4.87. The average molecular weight is 300 g/mol. The van der Waals surface area contributed by atoms with Crippen LogP contribution in [0.4, 0.5) is 0 Å². The molecule has 110 valence electrons. The number of carboxylic acids is 1. The van der Waals surface area contributed by atoms with E-state index in [2.05, 4.69) is 5.32 Å². The van der Waals surface area contributed by atoms with Crippen molar-refractivity contribution in [1.29, 1.82) is 0 Å². The molecule has 0 aliphatic rings. The highest BCUT2D eigenvalue weighted by atomic mass is 35.5. The Morgan fingerprint density at radius 1 is 1.40 bits per heavy atom. The van der Waals surface area contributed by atoms with Crippen molar-refractivity contribution in [2.45, 2.75) is 25.3 Å². The largest absolute Gasteiger partial charge is 0.480 e. The van der Waals surface area contributed by atoms with Crippen LogP contribution in [0.5, 0.6) is 0 Å². The molecule has 0 fully saturated rings. The summed E-state index contributed by atoms with van der Waals surface area (Å²) >= 11 is 5.96. The molecule has 2 N–H and O–H groups in total. The summed E-state index contributed by atoms with van der Waals surface area (Å²) in [5, 5.41) is 12.1. The van der Waals surface area contributed by atoms with E-state index in [0.29, 0.717) is 30.0 Å². The molecule has 0 aliphatic carbocycles. The Bertz CT molecular complexity index is 464. The van der Waals surface area contributed by atoms with E-state index >= 15 is 0 Å². The average Bonchev–Trinajstić information content (AvgIpc) is 2.40. The molecule has 0 saturated carbocycles. The van der Waals surface area contributed by atoms with Crippen molar-refractivity contribution < 1.29 is 19.4 Å². The van der Waals surface area contributed by atoms with Crippen LogP contribution in [-0.2, 0) is 20.7 Å². The van der Waals surface area contributed by atoms with Crippen LogP contribution in [0.15, 0.2) is 24.3 Å². The van der Waals surface area contributed by atoms with Crippen LogP contribution in [0.3, 0.4) is 0 Å². The first kappa shape index (κ1) is 16.5. The zero-order valence-electron chi connectivity index (χ0n) is 11.3. The number of ether oxygens (including phenoxy) is 1. The number of carbonyl (C=O) groups excluding carboxylic acids is 1. The van der Waals surface area contributed by atoms with E-state index in [9.17, 15) is 9.59 Å². The van der Waals surface area contributed by atoms with Gasteiger partial charge in [0, 0.05) is 18.7 Å². The summed E-state index contributed by atoms with van der Waals surface area (Å²) in [5.74, 6) is -1.41. The lowest BCUT2D eigenvalue weighted by Crippen LogP contribution is -2.41. The normalized spacial score (nSPS) is 11.9. The second-order valence-electron chi connectivity index (χ2n) is 4.36. The van der Waals surface area contributed by atoms with Crippen molar-refractivity contribution in [3.05, 3.63) is 34.9 Å². The van der Waals surface area contributed by atoms with Crippen LogP contribution in [-0.4, -0.2) is 36.7 Å². The molecule has 20 heavy (non-hydrogen) atoms. The van der Waals surface area contributed by atoms with Crippen LogP contribution in [0.2, 0.25) is 5.02 Å². The van der Waals surface area contributed by atoms with Gasteiger partial charge in [-0.3, -0.25) is 4.79 Å². The number of carbonyl (C=O) groups is 2. The van der Waals surface area contributed by atoms with Gasteiger partial charge in [-0.1, -0.05) is 29.8 Å². The van der Waals surface area contributed by atoms with Crippen LogP contribution >= 0.6 is 11.6 Å². The smallest absolute Gasteiger partial charge is 0.326 e. The Labute approximate surface area is 122 Å². The molecular formula is C14H18ClNO4. The molecule has 0 radical (unpaired) electrons. The number of hydrogen-bond acceptors (Lipinski definition) is 3. The summed E-state index contributed by atoms with van der Waals surface area (Å²) in [6.45, 7) is 0.462. The number of hydrogen-bond donors (Lipinski definition) is 2. The molecule has 1 amide bonds. The number of rotatable bonds is 8. The number of benzene rings is 1. The minimum atomic E-state index is -1.05. The summed E-state index contributed by atoms with van der Waals surface area (Å²) in [7, 11) is 1.55. The van der Waals surface area contributed by atoms with E-state index in [1.807, 2.05) is 0 Å². The van der Waals surface area contributed by atoms with Crippen molar-refractivity contribution in [3.63, 3.8) is 0 Å². The van der Waals surface area contributed by atoms with Gasteiger partial charge < -0.3 is 15.2 Å². The van der Waals surface area contributed by atoms with Crippen molar-refractivity contribution in [2.75, 3.05) is 13.7 Å².